The van der Waals surface area contributed by atoms with Crippen molar-refractivity contribution in [1.29, 1.82) is 0 Å². The Morgan fingerprint density at radius 1 is 1.07 bits per heavy atom. The molecule has 0 bridgehead atoms. The van der Waals surface area contributed by atoms with Crippen molar-refractivity contribution in [2.45, 2.75) is 38.7 Å². The number of aliphatic hydroxyl groups excluding tert-OH is 1. The third-order valence-electron chi connectivity index (χ3n) is 5.65. The van der Waals surface area contributed by atoms with Gasteiger partial charge in [0.05, 0.1) is 13.0 Å². The van der Waals surface area contributed by atoms with Gasteiger partial charge < -0.3 is 9.84 Å². The molecule has 0 saturated carbocycles. The Balaban J connectivity index is 1.65. The van der Waals surface area contributed by atoms with Gasteiger partial charge in [-0.15, -0.1) is 0 Å². The van der Waals surface area contributed by atoms with Gasteiger partial charge >= 0.3 is 5.97 Å². The molecular formula is C26H25ClO3. The van der Waals surface area contributed by atoms with E-state index in [1.54, 1.807) is 6.92 Å². The van der Waals surface area contributed by atoms with Crippen LogP contribution in [0.3, 0.4) is 0 Å². The number of aliphatic hydroxyl groups is 1. The summed E-state index contributed by atoms with van der Waals surface area (Å²) in [5, 5.41) is 11.9. The van der Waals surface area contributed by atoms with Crippen LogP contribution in [0, 0.1) is 0 Å². The van der Waals surface area contributed by atoms with Gasteiger partial charge in [0, 0.05) is 5.02 Å². The molecule has 1 aliphatic carbocycles. The molecule has 30 heavy (non-hydrogen) atoms. The van der Waals surface area contributed by atoms with E-state index in [0.717, 1.165) is 47.1 Å². The molecule has 0 amide bonds. The number of rotatable bonds is 6. The van der Waals surface area contributed by atoms with Crippen LogP contribution in [-0.4, -0.2) is 17.7 Å². The first-order chi connectivity index (χ1) is 14.5. The van der Waals surface area contributed by atoms with Gasteiger partial charge in [0.2, 0.25) is 0 Å². The molecule has 0 radical (unpaired) electrons. The molecule has 4 heteroatoms. The summed E-state index contributed by atoms with van der Waals surface area (Å²) < 4.78 is 5.01. The Hall–Kier alpha value is -2.62. The maximum atomic E-state index is 11.7. The summed E-state index contributed by atoms with van der Waals surface area (Å²) in [5.41, 5.74) is 7.34. The summed E-state index contributed by atoms with van der Waals surface area (Å²) >= 11 is 6.20. The van der Waals surface area contributed by atoms with Gasteiger partial charge in [-0.2, -0.15) is 0 Å². The van der Waals surface area contributed by atoms with Crippen molar-refractivity contribution in [2.24, 2.45) is 0 Å². The first-order valence-electron chi connectivity index (χ1n) is 10.4. The predicted molar refractivity (Wildman–Crippen MR) is 120 cm³/mol. The third-order valence-corrected chi connectivity index (χ3v) is 5.89. The van der Waals surface area contributed by atoms with Crippen LogP contribution in [0.2, 0.25) is 5.02 Å². The predicted octanol–water partition coefficient (Wildman–Crippen LogP) is 5.68. The molecule has 3 aromatic rings. The van der Waals surface area contributed by atoms with Crippen LogP contribution in [0.25, 0.3) is 11.1 Å². The van der Waals surface area contributed by atoms with Gasteiger partial charge in [0.15, 0.2) is 0 Å². The van der Waals surface area contributed by atoms with Crippen LogP contribution in [0.1, 0.15) is 47.3 Å². The summed E-state index contributed by atoms with van der Waals surface area (Å²) in [5.74, 6) is -0.238. The summed E-state index contributed by atoms with van der Waals surface area (Å²) in [4.78, 5) is 11.7. The van der Waals surface area contributed by atoms with E-state index >= 15 is 0 Å². The van der Waals surface area contributed by atoms with E-state index in [9.17, 15) is 9.90 Å². The molecule has 1 N–H and O–H groups in total. The van der Waals surface area contributed by atoms with Gasteiger partial charge in [0.1, 0.15) is 6.10 Å². The molecule has 0 fully saturated rings. The number of ether oxygens (including phenoxy) is 1. The fourth-order valence-corrected chi connectivity index (χ4v) is 4.39. The van der Waals surface area contributed by atoms with E-state index in [1.807, 2.05) is 48.5 Å². The van der Waals surface area contributed by atoms with Gasteiger partial charge in [-0.25, -0.2) is 0 Å². The Labute approximate surface area is 182 Å². The zero-order chi connectivity index (χ0) is 21.1. The molecule has 0 heterocycles. The normalized spacial score (nSPS) is 13.7. The number of hydrogen-bond acceptors (Lipinski definition) is 3. The Morgan fingerprint density at radius 3 is 2.60 bits per heavy atom. The Morgan fingerprint density at radius 2 is 1.87 bits per heavy atom. The highest BCUT2D eigenvalue weighted by molar-refractivity contribution is 6.30. The second-order valence-corrected chi connectivity index (χ2v) is 8.13. The van der Waals surface area contributed by atoms with Crippen LogP contribution in [0.4, 0.5) is 0 Å². The number of aryl methyl sites for hydroxylation is 1. The number of benzene rings is 3. The van der Waals surface area contributed by atoms with E-state index in [-0.39, 0.29) is 12.4 Å². The minimum atomic E-state index is -0.715. The standard InChI is InChI=1S/C26H25ClO3/c1-2-30-25(28)13-17-9-11-18(12-10-17)26(29)24-16-21(14-20-6-4-8-23(20)24)19-5-3-7-22(27)15-19/h3,5,7,9-12,14-16,26,29H,2,4,6,8,13H2,1H3. The van der Waals surface area contributed by atoms with Crippen LogP contribution < -0.4 is 0 Å². The van der Waals surface area contributed by atoms with Gasteiger partial charge in [-0.1, -0.05) is 54.1 Å². The highest BCUT2D eigenvalue weighted by Gasteiger charge is 2.22. The third kappa shape index (κ3) is 4.43. The number of esters is 1. The van der Waals surface area contributed by atoms with E-state index < -0.39 is 6.10 Å². The lowest BCUT2D eigenvalue weighted by molar-refractivity contribution is -0.142. The molecule has 4 rings (SSSR count). The highest BCUT2D eigenvalue weighted by Crippen LogP contribution is 2.37. The fourth-order valence-electron chi connectivity index (χ4n) is 4.19. The van der Waals surface area contributed by atoms with E-state index in [4.69, 9.17) is 16.3 Å². The molecule has 0 saturated heterocycles. The molecule has 0 spiro atoms. The van der Waals surface area contributed by atoms with E-state index in [2.05, 4.69) is 12.1 Å². The zero-order valence-electron chi connectivity index (χ0n) is 17.0. The molecular weight excluding hydrogens is 396 g/mol. The summed E-state index contributed by atoms with van der Waals surface area (Å²) in [6, 6.07) is 19.7. The molecule has 0 aromatic heterocycles. The SMILES string of the molecule is CCOC(=O)Cc1ccc(C(O)c2cc(-c3cccc(Cl)c3)cc3c2CCC3)cc1. The second-order valence-electron chi connectivity index (χ2n) is 7.69. The minimum Gasteiger partial charge on any atom is -0.466 e. The van der Waals surface area contributed by atoms with Crippen molar-refractivity contribution in [3.05, 3.63) is 93.5 Å². The lowest BCUT2D eigenvalue weighted by Crippen LogP contribution is -2.08. The molecule has 1 aliphatic rings. The quantitative estimate of drug-likeness (QED) is 0.521. The largest absolute Gasteiger partial charge is 0.466 e. The maximum absolute atomic E-state index is 11.7. The molecule has 1 unspecified atom stereocenters. The number of carbonyl (C=O) groups is 1. The zero-order valence-corrected chi connectivity index (χ0v) is 17.8. The Bertz CT molecular complexity index is 1060. The Kier molecular flexibility index (Phi) is 6.21. The average molecular weight is 421 g/mol. The number of carbonyl (C=O) groups excluding carboxylic acids is 1. The van der Waals surface area contributed by atoms with Crippen LogP contribution in [0.15, 0.2) is 60.7 Å². The number of halogens is 1. The lowest BCUT2D eigenvalue weighted by atomic mass is 9.90. The fraction of sp³-hybridized carbons (Fsp3) is 0.269. The smallest absolute Gasteiger partial charge is 0.310 e. The number of fused-ring (bicyclic) bond motifs is 1. The molecule has 154 valence electrons. The van der Waals surface area contributed by atoms with Gasteiger partial charge in [-0.05, 0) is 83.3 Å². The second kappa shape index (κ2) is 9.03. The van der Waals surface area contributed by atoms with Crippen molar-refractivity contribution >= 4 is 17.6 Å². The average Bonchev–Trinajstić information content (AvgIpc) is 3.22. The summed E-state index contributed by atoms with van der Waals surface area (Å²) in [6.07, 6.45) is 2.64. The molecule has 3 nitrogen and oxygen atoms in total. The molecule has 3 aromatic carbocycles. The van der Waals surface area contributed by atoms with Gasteiger partial charge in [0.25, 0.3) is 0 Å². The first kappa shape index (κ1) is 20.6. The van der Waals surface area contributed by atoms with Crippen LogP contribution >= 0.6 is 11.6 Å². The topological polar surface area (TPSA) is 46.5 Å². The molecule has 1 atom stereocenters. The van der Waals surface area contributed by atoms with Gasteiger partial charge in [-0.3, -0.25) is 4.79 Å². The van der Waals surface area contributed by atoms with Crippen LogP contribution in [-0.2, 0) is 28.8 Å². The highest BCUT2D eigenvalue weighted by atomic mass is 35.5. The van der Waals surface area contributed by atoms with Crippen molar-refractivity contribution in [1.82, 2.24) is 0 Å². The lowest BCUT2D eigenvalue weighted by Gasteiger charge is -2.18. The van der Waals surface area contributed by atoms with Crippen LogP contribution in [0.5, 0.6) is 0 Å². The first-order valence-corrected chi connectivity index (χ1v) is 10.8. The van der Waals surface area contributed by atoms with Crippen molar-refractivity contribution in [3.8, 4) is 11.1 Å². The van der Waals surface area contributed by atoms with Crippen molar-refractivity contribution in [2.75, 3.05) is 6.61 Å². The van der Waals surface area contributed by atoms with Crippen molar-refractivity contribution in [3.63, 3.8) is 0 Å². The van der Waals surface area contributed by atoms with E-state index in [1.165, 1.54) is 11.1 Å². The molecule has 0 aliphatic heterocycles. The maximum Gasteiger partial charge on any atom is 0.310 e. The minimum absolute atomic E-state index is 0.238. The van der Waals surface area contributed by atoms with Crippen molar-refractivity contribution < 1.29 is 14.6 Å². The number of hydrogen-bond donors (Lipinski definition) is 1. The summed E-state index contributed by atoms with van der Waals surface area (Å²) in [6.45, 7) is 2.18. The van der Waals surface area contributed by atoms with E-state index in [0.29, 0.717) is 11.6 Å². The monoisotopic (exact) mass is 420 g/mol. The summed E-state index contributed by atoms with van der Waals surface area (Å²) in [7, 11) is 0.